The van der Waals surface area contributed by atoms with Crippen molar-refractivity contribution in [1.82, 2.24) is 5.43 Å². The molecule has 0 saturated heterocycles. The maximum absolute atomic E-state index is 6.11. The van der Waals surface area contributed by atoms with E-state index in [1.807, 2.05) is 43.3 Å². The molecule has 0 aliphatic carbocycles. The van der Waals surface area contributed by atoms with Gasteiger partial charge in [0, 0.05) is 16.1 Å². The standard InChI is InChI=1S/C16H19ClN2O2/c1-3-21-15-7-5-4-6-12(15)16(19-18)13-10-11(17)8-9-14(13)20-2/h4-10,16,19H,3,18H2,1-2H3. The minimum Gasteiger partial charge on any atom is -0.496 e. The molecule has 0 heterocycles. The van der Waals surface area contributed by atoms with Crippen LogP contribution in [0.4, 0.5) is 0 Å². The summed E-state index contributed by atoms with van der Waals surface area (Å²) < 4.78 is 11.1. The molecule has 2 aromatic carbocycles. The molecule has 112 valence electrons. The third kappa shape index (κ3) is 3.47. The van der Waals surface area contributed by atoms with Gasteiger partial charge in [0.05, 0.1) is 19.8 Å². The Labute approximate surface area is 129 Å². The van der Waals surface area contributed by atoms with Gasteiger partial charge in [-0.3, -0.25) is 5.84 Å². The Morgan fingerprint density at radius 2 is 1.90 bits per heavy atom. The van der Waals surface area contributed by atoms with Crippen LogP contribution in [0.15, 0.2) is 42.5 Å². The molecule has 0 amide bonds. The summed E-state index contributed by atoms with van der Waals surface area (Å²) in [6, 6.07) is 12.9. The van der Waals surface area contributed by atoms with Crippen molar-refractivity contribution in [1.29, 1.82) is 0 Å². The fourth-order valence-electron chi connectivity index (χ4n) is 2.28. The summed E-state index contributed by atoms with van der Waals surface area (Å²) in [4.78, 5) is 0. The van der Waals surface area contributed by atoms with Crippen molar-refractivity contribution in [2.24, 2.45) is 5.84 Å². The van der Waals surface area contributed by atoms with E-state index in [9.17, 15) is 0 Å². The number of nitrogens with two attached hydrogens (primary N) is 1. The second-order valence-corrected chi connectivity index (χ2v) is 4.89. The molecule has 1 unspecified atom stereocenters. The third-order valence-electron chi connectivity index (χ3n) is 3.20. The van der Waals surface area contributed by atoms with Crippen LogP contribution in [0.3, 0.4) is 0 Å². The van der Waals surface area contributed by atoms with Crippen molar-refractivity contribution in [3.05, 3.63) is 58.6 Å². The van der Waals surface area contributed by atoms with Crippen LogP contribution in [0.25, 0.3) is 0 Å². The van der Waals surface area contributed by atoms with E-state index in [1.54, 1.807) is 13.2 Å². The Bertz CT molecular complexity index is 605. The molecule has 0 bridgehead atoms. The number of hydrogen-bond donors (Lipinski definition) is 2. The Hall–Kier alpha value is -1.75. The zero-order valence-corrected chi connectivity index (χ0v) is 12.9. The number of ether oxygens (including phenoxy) is 2. The minimum absolute atomic E-state index is 0.276. The van der Waals surface area contributed by atoms with Gasteiger partial charge >= 0.3 is 0 Å². The van der Waals surface area contributed by atoms with E-state index in [1.165, 1.54) is 0 Å². The average molecular weight is 307 g/mol. The first-order valence-corrected chi connectivity index (χ1v) is 7.10. The maximum atomic E-state index is 6.11. The first kappa shape index (κ1) is 15.6. The molecule has 0 radical (unpaired) electrons. The number of halogens is 1. The van der Waals surface area contributed by atoms with Crippen LogP contribution < -0.4 is 20.7 Å². The molecule has 1 atom stereocenters. The summed E-state index contributed by atoms with van der Waals surface area (Å²) in [5, 5.41) is 0.625. The number of methoxy groups -OCH3 is 1. The topological polar surface area (TPSA) is 56.5 Å². The number of nitrogens with one attached hydrogen (secondary N) is 1. The normalized spacial score (nSPS) is 12.0. The highest BCUT2D eigenvalue weighted by Crippen LogP contribution is 2.35. The molecule has 4 nitrogen and oxygen atoms in total. The lowest BCUT2D eigenvalue weighted by Crippen LogP contribution is -2.29. The van der Waals surface area contributed by atoms with E-state index in [2.05, 4.69) is 5.43 Å². The summed E-state index contributed by atoms with van der Waals surface area (Å²) in [6.45, 7) is 2.53. The zero-order chi connectivity index (χ0) is 15.2. The monoisotopic (exact) mass is 306 g/mol. The van der Waals surface area contributed by atoms with E-state index in [0.29, 0.717) is 17.4 Å². The van der Waals surface area contributed by atoms with Gasteiger partial charge in [0.1, 0.15) is 11.5 Å². The average Bonchev–Trinajstić information content (AvgIpc) is 2.50. The number of hydrogen-bond acceptors (Lipinski definition) is 4. The lowest BCUT2D eigenvalue weighted by atomic mass is 9.97. The third-order valence-corrected chi connectivity index (χ3v) is 3.43. The molecule has 0 saturated carbocycles. The summed E-state index contributed by atoms with van der Waals surface area (Å²) in [5.41, 5.74) is 4.61. The highest BCUT2D eigenvalue weighted by Gasteiger charge is 2.20. The van der Waals surface area contributed by atoms with E-state index < -0.39 is 0 Å². The van der Waals surface area contributed by atoms with E-state index in [0.717, 1.165) is 16.9 Å². The van der Waals surface area contributed by atoms with Crippen molar-refractivity contribution in [2.75, 3.05) is 13.7 Å². The quantitative estimate of drug-likeness (QED) is 0.635. The van der Waals surface area contributed by atoms with Gasteiger partial charge in [-0.05, 0) is 31.2 Å². The van der Waals surface area contributed by atoms with Crippen LogP contribution >= 0.6 is 11.6 Å². The first-order chi connectivity index (χ1) is 10.2. The zero-order valence-electron chi connectivity index (χ0n) is 12.1. The number of benzene rings is 2. The lowest BCUT2D eigenvalue weighted by Gasteiger charge is -2.22. The lowest BCUT2D eigenvalue weighted by molar-refractivity contribution is 0.333. The molecule has 3 N–H and O–H groups in total. The van der Waals surface area contributed by atoms with Crippen molar-refractivity contribution >= 4 is 11.6 Å². The SMILES string of the molecule is CCOc1ccccc1C(NN)c1cc(Cl)ccc1OC. The van der Waals surface area contributed by atoms with E-state index >= 15 is 0 Å². The molecule has 0 spiro atoms. The second kappa shape index (κ2) is 7.31. The molecule has 0 aliphatic rings. The highest BCUT2D eigenvalue weighted by atomic mass is 35.5. The summed E-state index contributed by atoms with van der Waals surface area (Å²) in [7, 11) is 1.62. The van der Waals surface area contributed by atoms with Crippen LogP contribution in [0.5, 0.6) is 11.5 Å². The predicted molar refractivity (Wildman–Crippen MR) is 84.8 cm³/mol. The smallest absolute Gasteiger partial charge is 0.124 e. The van der Waals surface area contributed by atoms with Gasteiger partial charge in [0.2, 0.25) is 0 Å². The Morgan fingerprint density at radius 3 is 2.57 bits per heavy atom. The van der Waals surface area contributed by atoms with Crippen LogP contribution in [0, 0.1) is 0 Å². The van der Waals surface area contributed by atoms with Crippen molar-refractivity contribution in [3.63, 3.8) is 0 Å². The second-order valence-electron chi connectivity index (χ2n) is 4.46. The first-order valence-electron chi connectivity index (χ1n) is 6.72. The van der Waals surface area contributed by atoms with Gasteiger partial charge < -0.3 is 9.47 Å². The molecule has 0 fully saturated rings. The summed E-state index contributed by atoms with van der Waals surface area (Å²) in [6.07, 6.45) is 0. The van der Waals surface area contributed by atoms with Crippen LogP contribution in [-0.2, 0) is 0 Å². The van der Waals surface area contributed by atoms with Crippen LogP contribution in [-0.4, -0.2) is 13.7 Å². The van der Waals surface area contributed by atoms with Gasteiger partial charge in [-0.2, -0.15) is 0 Å². The summed E-state index contributed by atoms with van der Waals surface area (Å²) in [5.74, 6) is 7.27. The number of para-hydroxylation sites is 1. The predicted octanol–water partition coefficient (Wildman–Crippen LogP) is 3.30. The van der Waals surface area contributed by atoms with Crippen molar-refractivity contribution in [2.45, 2.75) is 13.0 Å². The molecular weight excluding hydrogens is 288 g/mol. The Balaban J connectivity index is 2.52. The van der Waals surface area contributed by atoms with Gasteiger partial charge in [0.15, 0.2) is 0 Å². The Kier molecular flexibility index (Phi) is 5.44. The molecule has 2 rings (SSSR count). The molecule has 0 aliphatic heterocycles. The van der Waals surface area contributed by atoms with E-state index in [4.69, 9.17) is 26.9 Å². The molecule has 2 aromatic rings. The van der Waals surface area contributed by atoms with Crippen LogP contribution in [0.1, 0.15) is 24.1 Å². The highest BCUT2D eigenvalue weighted by molar-refractivity contribution is 6.30. The largest absolute Gasteiger partial charge is 0.496 e. The van der Waals surface area contributed by atoms with Gasteiger partial charge in [0.25, 0.3) is 0 Å². The fraction of sp³-hybridized carbons (Fsp3) is 0.250. The molecule has 5 heteroatoms. The van der Waals surface area contributed by atoms with E-state index in [-0.39, 0.29) is 6.04 Å². The maximum Gasteiger partial charge on any atom is 0.124 e. The van der Waals surface area contributed by atoms with Crippen molar-refractivity contribution < 1.29 is 9.47 Å². The fourth-order valence-corrected chi connectivity index (χ4v) is 2.46. The molecule has 21 heavy (non-hydrogen) atoms. The Morgan fingerprint density at radius 1 is 1.14 bits per heavy atom. The molecular formula is C16H19ClN2O2. The van der Waals surface area contributed by atoms with Gasteiger partial charge in [-0.1, -0.05) is 29.8 Å². The minimum atomic E-state index is -0.276. The van der Waals surface area contributed by atoms with Crippen molar-refractivity contribution in [3.8, 4) is 11.5 Å². The number of rotatable bonds is 6. The molecule has 0 aromatic heterocycles. The number of hydrazine groups is 1. The van der Waals surface area contributed by atoms with Gasteiger partial charge in [-0.15, -0.1) is 0 Å². The summed E-state index contributed by atoms with van der Waals surface area (Å²) >= 11 is 6.11. The van der Waals surface area contributed by atoms with Gasteiger partial charge in [-0.25, -0.2) is 5.43 Å². The van der Waals surface area contributed by atoms with Crippen LogP contribution in [0.2, 0.25) is 5.02 Å².